The fourth-order valence-corrected chi connectivity index (χ4v) is 3.38. The van der Waals surface area contributed by atoms with E-state index >= 15 is 0 Å². The van der Waals surface area contributed by atoms with Crippen molar-refractivity contribution >= 4 is 5.91 Å². The van der Waals surface area contributed by atoms with Gasteiger partial charge < -0.3 is 10.2 Å². The molecule has 1 N–H and O–H groups in total. The molecule has 5 heteroatoms. The first kappa shape index (κ1) is 11.7. The number of likely N-dealkylation sites (tertiary alicyclic amines) is 1. The van der Waals surface area contributed by atoms with Gasteiger partial charge in [-0.15, -0.1) is 0 Å². The molecule has 2 fully saturated rings. The highest BCUT2D eigenvalue weighted by molar-refractivity contribution is 5.81. The predicted octanol–water partition coefficient (Wildman–Crippen LogP) is 0.653. The molecule has 18 heavy (non-hydrogen) atoms. The van der Waals surface area contributed by atoms with E-state index in [1.807, 2.05) is 19.2 Å². The molecular formula is C13H20N4O. The fourth-order valence-electron chi connectivity index (χ4n) is 3.38. The van der Waals surface area contributed by atoms with Gasteiger partial charge in [0.2, 0.25) is 5.91 Å². The van der Waals surface area contributed by atoms with Crippen LogP contribution in [0.15, 0.2) is 18.5 Å². The van der Waals surface area contributed by atoms with Gasteiger partial charge in [-0.1, -0.05) is 0 Å². The highest BCUT2D eigenvalue weighted by Gasteiger charge is 2.45. The molecule has 1 amide bonds. The third kappa shape index (κ3) is 1.73. The highest BCUT2D eigenvalue weighted by atomic mass is 16.2. The molecule has 4 unspecified atom stereocenters. The number of carbonyl (C=O) groups excluding carboxylic acids is 1. The summed E-state index contributed by atoms with van der Waals surface area (Å²) in [7, 11) is 0. The van der Waals surface area contributed by atoms with Crippen molar-refractivity contribution in [1.29, 1.82) is 0 Å². The van der Waals surface area contributed by atoms with Crippen LogP contribution in [0.25, 0.3) is 0 Å². The zero-order valence-electron chi connectivity index (χ0n) is 10.9. The van der Waals surface area contributed by atoms with Gasteiger partial charge in [0.25, 0.3) is 0 Å². The highest BCUT2D eigenvalue weighted by Crippen LogP contribution is 2.33. The van der Waals surface area contributed by atoms with Gasteiger partial charge in [-0.05, 0) is 32.3 Å². The first-order valence-corrected chi connectivity index (χ1v) is 6.70. The number of rotatable bonds is 2. The summed E-state index contributed by atoms with van der Waals surface area (Å²) >= 11 is 0. The third-order valence-corrected chi connectivity index (χ3v) is 4.31. The molecule has 0 radical (unpaired) electrons. The number of hydrogen-bond acceptors (Lipinski definition) is 3. The minimum atomic E-state index is -0.207. The Morgan fingerprint density at radius 1 is 1.50 bits per heavy atom. The van der Waals surface area contributed by atoms with Crippen LogP contribution in [0.5, 0.6) is 0 Å². The van der Waals surface area contributed by atoms with E-state index in [-0.39, 0.29) is 11.9 Å². The maximum Gasteiger partial charge on any atom is 0.247 e. The van der Waals surface area contributed by atoms with Crippen molar-refractivity contribution in [3.63, 3.8) is 0 Å². The molecule has 3 heterocycles. The van der Waals surface area contributed by atoms with E-state index in [0.29, 0.717) is 18.0 Å². The minimum absolute atomic E-state index is 0.197. The molecule has 5 nitrogen and oxygen atoms in total. The van der Waals surface area contributed by atoms with Crippen LogP contribution < -0.4 is 5.32 Å². The number of nitrogens with one attached hydrogen (secondary N) is 1. The van der Waals surface area contributed by atoms with Crippen LogP contribution in [0.4, 0.5) is 0 Å². The van der Waals surface area contributed by atoms with Gasteiger partial charge in [0.15, 0.2) is 0 Å². The van der Waals surface area contributed by atoms with E-state index in [1.165, 1.54) is 0 Å². The molecule has 0 aromatic carbocycles. The lowest BCUT2D eigenvalue weighted by molar-refractivity contribution is -0.137. The molecule has 0 aliphatic carbocycles. The Bertz CT molecular complexity index is 430. The van der Waals surface area contributed by atoms with E-state index in [9.17, 15) is 4.79 Å². The minimum Gasteiger partial charge on any atom is -0.334 e. The molecule has 0 bridgehead atoms. The van der Waals surface area contributed by atoms with Gasteiger partial charge >= 0.3 is 0 Å². The van der Waals surface area contributed by atoms with Gasteiger partial charge in [0.1, 0.15) is 6.04 Å². The second-order valence-corrected chi connectivity index (χ2v) is 5.48. The van der Waals surface area contributed by atoms with Crippen LogP contribution in [-0.2, 0) is 4.79 Å². The number of aromatic nitrogens is 2. The maximum atomic E-state index is 12.6. The lowest BCUT2D eigenvalue weighted by Gasteiger charge is -2.30. The summed E-state index contributed by atoms with van der Waals surface area (Å²) in [4.78, 5) is 14.7. The van der Waals surface area contributed by atoms with Crippen molar-refractivity contribution in [2.24, 2.45) is 5.92 Å². The Morgan fingerprint density at radius 2 is 2.33 bits per heavy atom. The lowest BCUT2D eigenvalue weighted by atomic mass is 10.0. The molecule has 1 aromatic heterocycles. The summed E-state index contributed by atoms with van der Waals surface area (Å²) in [5, 5.41) is 7.56. The van der Waals surface area contributed by atoms with E-state index in [1.54, 1.807) is 10.9 Å². The Kier molecular flexibility index (Phi) is 2.86. The number of fused-ring (bicyclic) bond motifs is 1. The first-order valence-electron chi connectivity index (χ1n) is 6.70. The van der Waals surface area contributed by atoms with Gasteiger partial charge in [-0.25, -0.2) is 0 Å². The zero-order chi connectivity index (χ0) is 12.7. The molecule has 98 valence electrons. The van der Waals surface area contributed by atoms with Crippen LogP contribution in [0.1, 0.15) is 26.3 Å². The van der Waals surface area contributed by atoms with Crippen LogP contribution in [0.2, 0.25) is 0 Å². The molecule has 0 saturated carbocycles. The molecule has 2 aliphatic heterocycles. The van der Waals surface area contributed by atoms with Gasteiger partial charge in [-0.3, -0.25) is 9.48 Å². The Hall–Kier alpha value is -1.36. The monoisotopic (exact) mass is 248 g/mol. The first-order chi connectivity index (χ1) is 8.68. The van der Waals surface area contributed by atoms with Crippen LogP contribution in [0.3, 0.4) is 0 Å². The van der Waals surface area contributed by atoms with Gasteiger partial charge in [0.05, 0.1) is 0 Å². The molecule has 3 rings (SSSR count). The average molecular weight is 248 g/mol. The standard InChI is InChI=1S/C13H20N4O/c1-9-6-11-7-14-8-12(11)17(9)13(18)10(2)16-5-3-4-15-16/h3-5,9-12,14H,6-8H2,1-2H3. The quantitative estimate of drug-likeness (QED) is 0.836. The third-order valence-electron chi connectivity index (χ3n) is 4.31. The SMILES string of the molecule is CC1CC2CNCC2N1C(=O)C(C)n1cccn1. The van der Waals surface area contributed by atoms with Crippen molar-refractivity contribution < 1.29 is 4.79 Å². The number of amides is 1. The summed E-state index contributed by atoms with van der Waals surface area (Å²) in [6.45, 7) is 6.07. The van der Waals surface area contributed by atoms with Gasteiger partial charge in [0, 0.05) is 37.6 Å². The Labute approximate surface area is 107 Å². The van der Waals surface area contributed by atoms with Crippen molar-refractivity contribution in [2.45, 2.75) is 38.4 Å². The van der Waals surface area contributed by atoms with Crippen molar-refractivity contribution in [2.75, 3.05) is 13.1 Å². The molecule has 4 atom stereocenters. The molecule has 2 aliphatic rings. The second kappa shape index (κ2) is 4.39. The molecule has 1 aromatic rings. The van der Waals surface area contributed by atoms with E-state index in [2.05, 4.69) is 22.2 Å². The summed E-state index contributed by atoms with van der Waals surface area (Å²) in [5.74, 6) is 0.830. The maximum absolute atomic E-state index is 12.6. The van der Waals surface area contributed by atoms with Crippen molar-refractivity contribution in [3.8, 4) is 0 Å². The summed E-state index contributed by atoms with van der Waals surface area (Å²) in [6, 6.07) is 2.39. The van der Waals surface area contributed by atoms with Crippen LogP contribution >= 0.6 is 0 Å². The van der Waals surface area contributed by atoms with Crippen molar-refractivity contribution in [1.82, 2.24) is 20.0 Å². The van der Waals surface area contributed by atoms with Crippen LogP contribution in [0, 0.1) is 5.92 Å². The zero-order valence-corrected chi connectivity index (χ0v) is 10.9. The number of carbonyl (C=O) groups is 1. The fraction of sp³-hybridized carbons (Fsp3) is 0.692. The summed E-state index contributed by atoms with van der Waals surface area (Å²) < 4.78 is 1.74. The van der Waals surface area contributed by atoms with E-state index in [0.717, 1.165) is 19.5 Å². The normalized spacial score (nSPS) is 32.6. The Morgan fingerprint density at radius 3 is 3.06 bits per heavy atom. The lowest BCUT2D eigenvalue weighted by Crippen LogP contribution is -2.45. The van der Waals surface area contributed by atoms with E-state index in [4.69, 9.17) is 0 Å². The number of hydrogen-bond donors (Lipinski definition) is 1. The van der Waals surface area contributed by atoms with Crippen molar-refractivity contribution in [3.05, 3.63) is 18.5 Å². The van der Waals surface area contributed by atoms with Crippen LogP contribution in [-0.4, -0.2) is 45.8 Å². The Balaban J connectivity index is 1.79. The number of nitrogens with zero attached hydrogens (tertiary/aromatic N) is 3. The molecule has 2 saturated heterocycles. The topological polar surface area (TPSA) is 50.2 Å². The average Bonchev–Trinajstić information content (AvgIpc) is 3.02. The van der Waals surface area contributed by atoms with Gasteiger partial charge in [-0.2, -0.15) is 5.10 Å². The predicted molar refractivity (Wildman–Crippen MR) is 68.0 cm³/mol. The molecule has 0 spiro atoms. The second-order valence-electron chi connectivity index (χ2n) is 5.48. The summed E-state index contributed by atoms with van der Waals surface area (Å²) in [5.41, 5.74) is 0. The van der Waals surface area contributed by atoms with E-state index < -0.39 is 0 Å². The largest absolute Gasteiger partial charge is 0.334 e. The smallest absolute Gasteiger partial charge is 0.247 e. The molecular weight excluding hydrogens is 228 g/mol. The summed E-state index contributed by atoms with van der Waals surface area (Å²) in [6.07, 6.45) is 4.69.